The number of rotatable bonds is 3. The van der Waals surface area contributed by atoms with Gasteiger partial charge in [0, 0.05) is 11.5 Å². The molecular weight excluding hydrogens is 250 g/mol. The molecule has 1 fully saturated rings. The molecule has 3 nitrogen and oxygen atoms in total. The van der Waals surface area contributed by atoms with Crippen LogP contribution in [0.3, 0.4) is 0 Å². The second kappa shape index (κ2) is 5.65. The smallest absolute Gasteiger partial charge is 0.165 e. The van der Waals surface area contributed by atoms with Crippen LogP contribution in [0.1, 0.15) is 43.2 Å². The highest BCUT2D eigenvalue weighted by molar-refractivity contribution is 5.54. The van der Waals surface area contributed by atoms with Gasteiger partial charge in [0.05, 0.1) is 13.2 Å². The minimum Gasteiger partial charge on any atom is -0.493 e. The lowest BCUT2D eigenvalue weighted by Crippen LogP contribution is -2.47. The molecule has 2 aliphatic rings. The molecule has 20 heavy (non-hydrogen) atoms. The van der Waals surface area contributed by atoms with Crippen molar-refractivity contribution in [3.63, 3.8) is 0 Å². The number of likely N-dealkylation sites (N-methyl/N-ethyl adjacent to an activating group) is 1. The summed E-state index contributed by atoms with van der Waals surface area (Å²) < 4.78 is 11.6. The molecule has 1 aromatic rings. The molecule has 2 atom stereocenters. The molecular formula is C17H25NO2. The van der Waals surface area contributed by atoms with E-state index in [0.717, 1.165) is 24.5 Å². The average molecular weight is 275 g/mol. The molecule has 0 spiro atoms. The van der Waals surface area contributed by atoms with Gasteiger partial charge in [-0.15, -0.1) is 0 Å². The third kappa shape index (κ3) is 2.18. The summed E-state index contributed by atoms with van der Waals surface area (Å²) in [5, 5.41) is 0. The zero-order valence-corrected chi connectivity index (χ0v) is 12.8. The molecule has 0 N–H and O–H groups in total. The summed E-state index contributed by atoms with van der Waals surface area (Å²) in [5.41, 5.74) is 2.88. The molecule has 2 aliphatic heterocycles. The largest absolute Gasteiger partial charge is 0.493 e. The number of methoxy groups -OCH3 is 1. The van der Waals surface area contributed by atoms with Crippen LogP contribution in [-0.4, -0.2) is 38.3 Å². The van der Waals surface area contributed by atoms with E-state index in [0.29, 0.717) is 12.0 Å². The molecule has 1 aromatic carbocycles. The molecule has 2 unspecified atom stereocenters. The van der Waals surface area contributed by atoms with Crippen LogP contribution >= 0.6 is 0 Å². The lowest BCUT2D eigenvalue weighted by atomic mass is 9.79. The zero-order chi connectivity index (χ0) is 14.1. The van der Waals surface area contributed by atoms with Gasteiger partial charge in [-0.1, -0.05) is 19.4 Å². The van der Waals surface area contributed by atoms with E-state index in [-0.39, 0.29) is 0 Å². The first kappa shape index (κ1) is 13.7. The van der Waals surface area contributed by atoms with Crippen molar-refractivity contribution in [2.24, 2.45) is 0 Å². The number of piperidine rings is 1. The van der Waals surface area contributed by atoms with Crippen LogP contribution in [0.5, 0.6) is 11.5 Å². The fourth-order valence-corrected chi connectivity index (χ4v) is 3.80. The van der Waals surface area contributed by atoms with E-state index in [4.69, 9.17) is 9.47 Å². The van der Waals surface area contributed by atoms with E-state index >= 15 is 0 Å². The zero-order valence-electron chi connectivity index (χ0n) is 12.8. The molecule has 0 amide bonds. The first-order valence-electron chi connectivity index (χ1n) is 7.79. The molecule has 1 saturated heterocycles. The van der Waals surface area contributed by atoms with E-state index in [9.17, 15) is 0 Å². The topological polar surface area (TPSA) is 21.7 Å². The molecule has 110 valence electrons. The maximum absolute atomic E-state index is 6.11. The summed E-state index contributed by atoms with van der Waals surface area (Å²) >= 11 is 0. The summed E-state index contributed by atoms with van der Waals surface area (Å²) in [6, 6.07) is 4.83. The monoisotopic (exact) mass is 275 g/mol. The molecule has 0 radical (unpaired) electrons. The summed E-state index contributed by atoms with van der Waals surface area (Å²) in [4.78, 5) is 2.46. The lowest BCUT2D eigenvalue weighted by Gasteiger charge is -2.43. The van der Waals surface area contributed by atoms with E-state index in [1.54, 1.807) is 7.11 Å². The highest BCUT2D eigenvalue weighted by Gasteiger charge is 2.38. The quantitative estimate of drug-likeness (QED) is 0.845. The van der Waals surface area contributed by atoms with Crippen molar-refractivity contribution < 1.29 is 9.47 Å². The average Bonchev–Trinajstić information content (AvgIpc) is 2.47. The molecule has 0 aromatic heterocycles. The highest BCUT2D eigenvalue weighted by atomic mass is 16.5. The molecule has 3 heteroatoms. The summed E-state index contributed by atoms with van der Waals surface area (Å²) in [6.45, 7) is 4.22. The Hall–Kier alpha value is -1.22. The van der Waals surface area contributed by atoms with Crippen LogP contribution in [-0.2, 0) is 6.42 Å². The SMILES string of the molecule is CCCc1ccc(OC)c2c1C1CCCN(C)C1CO2. The maximum atomic E-state index is 6.11. The van der Waals surface area contributed by atoms with E-state index < -0.39 is 0 Å². The molecule has 0 aliphatic carbocycles. The van der Waals surface area contributed by atoms with E-state index in [2.05, 4.69) is 31.0 Å². The van der Waals surface area contributed by atoms with Gasteiger partial charge < -0.3 is 9.47 Å². The van der Waals surface area contributed by atoms with Crippen LogP contribution in [0.15, 0.2) is 12.1 Å². The van der Waals surface area contributed by atoms with Crippen molar-refractivity contribution in [3.05, 3.63) is 23.3 Å². The normalized spacial score (nSPS) is 25.6. The first-order valence-corrected chi connectivity index (χ1v) is 7.79. The highest BCUT2D eigenvalue weighted by Crippen LogP contribution is 2.47. The molecule has 3 rings (SSSR count). The van der Waals surface area contributed by atoms with Crippen LogP contribution in [0.25, 0.3) is 0 Å². The predicted molar refractivity (Wildman–Crippen MR) is 80.9 cm³/mol. The Morgan fingerprint density at radius 2 is 2.25 bits per heavy atom. The Morgan fingerprint density at radius 3 is 3.00 bits per heavy atom. The van der Waals surface area contributed by atoms with Crippen molar-refractivity contribution in [3.8, 4) is 11.5 Å². The third-order valence-corrected chi connectivity index (χ3v) is 4.82. The van der Waals surface area contributed by atoms with E-state index in [1.807, 2.05) is 0 Å². The first-order chi connectivity index (χ1) is 9.76. The van der Waals surface area contributed by atoms with Gasteiger partial charge in [0.25, 0.3) is 0 Å². The number of hydrogen-bond donors (Lipinski definition) is 0. The molecule has 2 heterocycles. The Morgan fingerprint density at radius 1 is 1.40 bits per heavy atom. The van der Waals surface area contributed by atoms with Gasteiger partial charge in [-0.25, -0.2) is 0 Å². The van der Waals surface area contributed by atoms with Gasteiger partial charge in [0.2, 0.25) is 0 Å². The van der Waals surface area contributed by atoms with Gasteiger partial charge in [0.1, 0.15) is 6.61 Å². The van der Waals surface area contributed by atoms with Crippen molar-refractivity contribution in [2.75, 3.05) is 27.3 Å². The van der Waals surface area contributed by atoms with E-state index in [1.165, 1.54) is 36.9 Å². The number of ether oxygens (including phenoxy) is 2. The summed E-state index contributed by atoms with van der Waals surface area (Å²) in [7, 11) is 3.96. The van der Waals surface area contributed by atoms with Crippen molar-refractivity contribution in [1.29, 1.82) is 0 Å². The number of hydrogen-bond acceptors (Lipinski definition) is 3. The number of aryl methyl sites for hydroxylation is 1. The second-order valence-electron chi connectivity index (χ2n) is 6.03. The Kier molecular flexibility index (Phi) is 3.88. The van der Waals surface area contributed by atoms with Crippen LogP contribution in [0.2, 0.25) is 0 Å². The van der Waals surface area contributed by atoms with Gasteiger partial charge >= 0.3 is 0 Å². The van der Waals surface area contributed by atoms with Crippen LogP contribution in [0.4, 0.5) is 0 Å². The Bertz CT molecular complexity index is 486. The van der Waals surface area contributed by atoms with Crippen molar-refractivity contribution in [2.45, 2.75) is 44.6 Å². The second-order valence-corrected chi connectivity index (χ2v) is 6.03. The predicted octanol–water partition coefficient (Wildman–Crippen LogP) is 3.22. The number of nitrogens with zero attached hydrogens (tertiary/aromatic N) is 1. The number of fused-ring (bicyclic) bond motifs is 3. The minimum absolute atomic E-state index is 0.527. The van der Waals surface area contributed by atoms with Crippen molar-refractivity contribution in [1.82, 2.24) is 4.90 Å². The van der Waals surface area contributed by atoms with Crippen LogP contribution in [0, 0.1) is 0 Å². The van der Waals surface area contributed by atoms with Gasteiger partial charge in [0.15, 0.2) is 11.5 Å². The molecule has 0 saturated carbocycles. The fraction of sp³-hybridized carbons (Fsp3) is 0.647. The molecule has 0 bridgehead atoms. The third-order valence-electron chi connectivity index (χ3n) is 4.82. The summed E-state index contributed by atoms with van der Waals surface area (Å²) in [6.07, 6.45) is 4.85. The van der Waals surface area contributed by atoms with Gasteiger partial charge in [-0.3, -0.25) is 4.90 Å². The maximum Gasteiger partial charge on any atom is 0.165 e. The standard InChI is InChI=1S/C17H25NO2/c1-4-6-12-8-9-15(19-3)17-16(12)13-7-5-10-18(2)14(13)11-20-17/h8-9,13-14H,4-7,10-11H2,1-3H3. The van der Waals surface area contributed by atoms with Gasteiger partial charge in [-0.2, -0.15) is 0 Å². The number of likely N-dealkylation sites (tertiary alicyclic amines) is 1. The van der Waals surface area contributed by atoms with Crippen molar-refractivity contribution >= 4 is 0 Å². The Balaban J connectivity index is 2.07. The number of benzene rings is 1. The minimum atomic E-state index is 0.527. The summed E-state index contributed by atoms with van der Waals surface area (Å²) in [5.74, 6) is 2.51. The van der Waals surface area contributed by atoms with Gasteiger partial charge in [-0.05, 0) is 44.5 Å². The Labute approximate surface area is 121 Å². The lowest BCUT2D eigenvalue weighted by molar-refractivity contribution is 0.0842. The van der Waals surface area contributed by atoms with Crippen LogP contribution < -0.4 is 9.47 Å². The fourth-order valence-electron chi connectivity index (χ4n) is 3.80.